The predicted octanol–water partition coefficient (Wildman–Crippen LogP) is 2.75. The van der Waals surface area contributed by atoms with Crippen molar-refractivity contribution in [3.05, 3.63) is 54.1 Å². The van der Waals surface area contributed by atoms with Crippen LogP contribution in [0, 0.1) is 5.82 Å². The predicted molar refractivity (Wildman–Crippen MR) is 92.9 cm³/mol. The fraction of sp³-hybridized carbons (Fsp3) is 0.278. The molecule has 2 aromatic heterocycles. The van der Waals surface area contributed by atoms with E-state index in [9.17, 15) is 9.18 Å². The van der Waals surface area contributed by atoms with Gasteiger partial charge in [-0.3, -0.25) is 0 Å². The maximum absolute atomic E-state index is 13.1. The van der Waals surface area contributed by atoms with Crippen LogP contribution in [0.1, 0.15) is 35.1 Å². The summed E-state index contributed by atoms with van der Waals surface area (Å²) in [6, 6.07) is 5.92. The van der Waals surface area contributed by atoms with E-state index >= 15 is 0 Å². The summed E-state index contributed by atoms with van der Waals surface area (Å²) in [4.78, 5) is 25.5. The number of nitrogens with zero attached hydrogens (tertiary/aromatic N) is 5. The van der Waals surface area contributed by atoms with Gasteiger partial charge in [0.1, 0.15) is 11.6 Å². The van der Waals surface area contributed by atoms with Crippen LogP contribution in [0.15, 0.2) is 41.2 Å². The molecule has 0 bridgehead atoms. The van der Waals surface area contributed by atoms with Crippen LogP contribution in [-0.4, -0.2) is 44.3 Å². The largest absolute Gasteiger partial charge is 0.476 e. The van der Waals surface area contributed by atoms with Crippen molar-refractivity contribution in [1.29, 1.82) is 0 Å². The van der Waals surface area contributed by atoms with Crippen molar-refractivity contribution in [2.24, 2.45) is 0 Å². The lowest BCUT2D eigenvalue weighted by molar-refractivity contribution is 0.0690. The van der Waals surface area contributed by atoms with E-state index in [0.717, 1.165) is 19.4 Å². The first kappa shape index (κ1) is 17.1. The third-order valence-electron chi connectivity index (χ3n) is 4.50. The number of hydrogen-bond acceptors (Lipinski definition) is 7. The van der Waals surface area contributed by atoms with Crippen molar-refractivity contribution >= 4 is 11.8 Å². The lowest BCUT2D eigenvalue weighted by Gasteiger charge is -2.31. The molecule has 0 amide bonds. The van der Waals surface area contributed by atoms with E-state index in [0.29, 0.717) is 29.6 Å². The molecule has 1 saturated heterocycles. The molecule has 1 atom stereocenters. The highest BCUT2D eigenvalue weighted by atomic mass is 19.1. The minimum Gasteiger partial charge on any atom is -0.476 e. The quantitative estimate of drug-likeness (QED) is 0.748. The average molecular weight is 369 g/mol. The van der Waals surface area contributed by atoms with Gasteiger partial charge in [-0.15, -0.1) is 0 Å². The normalized spacial score (nSPS) is 17.1. The number of aromatic nitrogens is 4. The molecule has 1 aliphatic heterocycles. The van der Waals surface area contributed by atoms with Crippen molar-refractivity contribution in [2.45, 2.75) is 18.8 Å². The van der Waals surface area contributed by atoms with Gasteiger partial charge in [-0.1, -0.05) is 5.16 Å². The van der Waals surface area contributed by atoms with Gasteiger partial charge in [0.15, 0.2) is 5.69 Å². The Bertz CT molecular complexity index is 942. The fourth-order valence-corrected chi connectivity index (χ4v) is 3.10. The second kappa shape index (κ2) is 7.10. The number of aromatic carboxylic acids is 1. The minimum atomic E-state index is -1.11. The molecule has 3 aromatic rings. The number of halogens is 1. The van der Waals surface area contributed by atoms with Crippen molar-refractivity contribution in [3.63, 3.8) is 0 Å². The highest BCUT2D eigenvalue weighted by Crippen LogP contribution is 2.29. The Morgan fingerprint density at radius 2 is 2.04 bits per heavy atom. The third kappa shape index (κ3) is 3.62. The smallest absolute Gasteiger partial charge is 0.356 e. The molecular weight excluding hydrogens is 353 g/mol. The lowest BCUT2D eigenvalue weighted by Crippen LogP contribution is -2.35. The standard InChI is InChI=1S/C18H16FN5O3/c19-13-5-3-11(4-6-13)16-22-17(27-23-16)12-2-1-7-24(10-12)15-9-20-14(8-21-15)18(25)26/h3-6,8-9,12H,1-2,7,10H2,(H,25,26). The molecule has 1 aliphatic rings. The molecule has 0 aliphatic carbocycles. The molecule has 1 unspecified atom stereocenters. The van der Waals surface area contributed by atoms with E-state index in [1.54, 1.807) is 12.1 Å². The molecule has 3 heterocycles. The van der Waals surface area contributed by atoms with Gasteiger partial charge in [0, 0.05) is 18.7 Å². The topological polar surface area (TPSA) is 105 Å². The molecule has 0 radical (unpaired) electrons. The van der Waals surface area contributed by atoms with Crippen LogP contribution in [0.25, 0.3) is 11.4 Å². The molecule has 9 heteroatoms. The molecule has 0 spiro atoms. The van der Waals surface area contributed by atoms with Gasteiger partial charge < -0.3 is 14.5 Å². The van der Waals surface area contributed by atoms with Gasteiger partial charge in [-0.2, -0.15) is 4.98 Å². The SMILES string of the molecule is O=C(O)c1cnc(N2CCCC(c3nc(-c4ccc(F)cc4)no3)C2)cn1. The highest BCUT2D eigenvalue weighted by molar-refractivity contribution is 5.84. The number of carbonyl (C=O) groups is 1. The van der Waals surface area contributed by atoms with Crippen molar-refractivity contribution in [2.75, 3.05) is 18.0 Å². The van der Waals surface area contributed by atoms with Gasteiger partial charge in [0.2, 0.25) is 11.7 Å². The molecule has 1 aromatic carbocycles. The molecule has 138 valence electrons. The maximum Gasteiger partial charge on any atom is 0.356 e. The summed E-state index contributed by atoms with van der Waals surface area (Å²) >= 11 is 0. The first-order valence-electron chi connectivity index (χ1n) is 8.50. The van der Waals surface area contributed by atoms with Gasteiger partial charge >= 0.3 is 5.97 Å². The maximum atomic E-state index is 13.1. The summed E-state index contributed by atoms with van der Waals surface area (Å²) in [6.07, 6.45) is 4.51. The number of anilines is 1. The second-order valence-electron chi connectivity index (χ2n) is 6.31. The number of benzene rings is 1. The van der Waals surface area contributed by atoms with Crippen molar-refractivity contribution in [1.82, 2.24) is 20.1 Å². The Hall–Kier alpha value is -3.36. The molecule has 1 N–H and O–H groups in total. The van der Waals surface area contributed by atoms with Crippen LogP contribution >= 0.6 is 0 Å². The van der Waals surface area contributed by atoms with Crippen LogP contribution in [0.4, 0.5) is 10.2 Å². The van der Waals surface area contributed by atoms with E-state index in [-0.39, 0.29) is 17.4 Å². The van der Waals surface area contributed by atoms with Gasteiger partial charge in [-0.05, 0) is 37.1 Å². The van der Waals surface area contributed by atoms with Crippen molar-refractivity contribution in [3.8, 4) is 11.4 Å². The van der Waals surface area contributed by atoms with E-state index < -0.39 is 5.97 Å². The number of carboxylic acid groups (broad SMARTS) is 1. The molecular formula is C18H16FN5O3. The zero-order chi connectivity index (χ0) is 18.8. The van der Waals surface area contributed by atoms with Crippen LogP contribution in [-0.2, 0) is 0 Å². The summed E-state index contributed by atoms with van der Waals surface area (Å²) < 4.78 is 18.5. The number of hydrogen-bond donors (Lipinski definition) is 1. The first-order valence-corrected chi connectivity index (χ1v) is 8.50. The van der Waals surface area contributed by atoms with E-state index in [1.807, 2.05) is 4.90 Å². The Balaban J connectivity index is 1.50. The Morgan fingerprint density at radius 3 is 2.74 bits per heavy atom. The summed E-state index contributed by atoms with van der Waals surface area (Å²) in [5.74, 6) is 0.163. The van der Waals surface area contributed by atoms with Crippen LogP contribution in [0.2, 0.25) is 0 Å². The summed E-state index contributed by atoms with van der Waals surface area (Å²) in [5.41, 5.74) is 0.599. The van der Waals surface area contributed by atoms with Gasteiger partial charge in [-0.25, -0.2) is 19.2 Å². The third-order valence-corrected chi connectivity index (χ3v) is 4.50. The number of carboxylic acids is 1. The zero-order valence-corrected chi connectivity index (χ0v) is 14.2. The molecule has 4 rings (SSSR count). The molecule has 1 fully saturated rings. The van der Waals surface area contributed by atoms with Gasteiger partial charge in [0.25, 0.3) is 0 Å². The second-order valence-corrected chi connectivity index (χ2v) is 6.31. The summed E-state index contributed by atoms with van der Waals surface area (Å²) in [6.45, 7) is 1.41. The molecule has 0 saturated carbocycles. The summed E-state index contributed by atoms with van der Waals surface area (Å²) in [7, 11) is 0. The monoisotopic (exact) mass is 369 g/mol. The Kier molecular flexibility index (Phi) is 4.49. The lowest BCUT2D eigenvalue weighted by atomic mass is 9.98. The number of rotatable bonds is 4. The Morgan fingerprint density at radius 1 is 1.22 bits per heavy atom. The van der Waals surface area contributed by atoms with Crippen LogP contribution < -0.4 is 4.90 Å². The van der Waals surface area contributed by atoms with Crippen LogP contribution in [0.3, 0.4) is 0 Å². The minimum absolute atomic E-state index is 0.0291. The molecule has 8 nitrogen and oxygen atoms in total. The Labute approximate surface area is 153 Å². The van der Waals surface area contributed by atoms with E-state index in [1.165, 1.54) is 24.5 Å². The van der Waals surface area contributed by atoms with E-state index in [4.69, 9.17) is 9.63 Å². The van der Waals surface area contributed by atoms with Gasteiger partial charge in [0.05, 0.1) is 18.3 Å². The first-order chi connectivity index (χ1) is 13.1. The van der Waals surface area contributed by atoms with Crippen LogP contribution in [0.5, 0.6) is 0 Å². The fourth-order valence-electron chi connectivity index (χ4n) is 3.10. The highest BCUT2D eigenvalue weighted by Gasteiger charge is 2.27. The van der Waals surface area contributed by atoms with E-state index in [2.05, 4.69) is 20.1 Å². The molecule has 27 heavy (non-hydrogen) atoms. The number of piperidine rings is 1. The summed E-state index contributed by atoms with van der Waals surface area (Å²) in [5, 5.41) is 12.9. The van der Waals surface area contributed by atoms with Crippen molar-refractivity contribution < 1.29 is 18.8 Å². The zero-order valence-electron chi connectivity index (χ0n) is 14.2. The average Bonchev–Trinajstić information content (AvgIpc) is 3.19.